The topological polar surface area (TPSA) is 3.24 Å². The van der Waals surface area contributed by atoms with Gasteiger partial charge in [0.2, 0.25) is 0 Å². The highest BCUT2D eigenvalue weighted by Crippen LogP contribution is 2.46. The number of hydrogen-bond acceptors (Lipinski definition) is 1. The number of rotatable bonds is 8. The predicted molar refractivity (Wildman–Crippen MR) is 243 cm³/mol. The maximum atomic E-state index is 2.44. The summed E-state index contributed by atoms with van der Waals surface area (Å²) in [6, 6.07) is 85.7. The zero-order valence-corrected chi connectivity index (χ0v) is 31.5. The highest BCUT2D eigenvalue weighted by Gasteiger charge is 2.21. The molecule has 268 valence electrons. The van der Waals surface area contributed by atoms with E-state index in [0.29, 0.717) is 0 Å². The molecule has 1 heteroatoms. The van der Waals surface area contributed by atoms with Crippen molar-refractivity contribution >= 4 is 38.6 Å². The number of para-hydroxylation sites is 1. The number of hydrogen-bond donors (Lipinski definition) is 0. The molecule has 0 N–H and O–H groups in total. The van der Waals surface area contributed by atoms with Gasteiger partial charge in [0.25, 0.3) is 0 Å². The molecule has 10 rings (SSSR count). The molecule has 0 aliphatic heterocycles. The Labute approximate surface area is 334 Å². The molecule has 0 saturated carbocycles. The molecule has 1 nitrogen and oxygen atoms in total. The third-order valence-corrected chi connectivity index (χ3v) is 11.1. The van der Waals surface area contributed by atoms with Gasteiger partial charge in [-0.25, -0.2) is 0 Å². The fourth-order valence-corrected chi connectivity index (χ4v) is 8.44. The number of anilines is 3. The zero-order chi connectivity index (χ0) is 38.0. The lowest BCUT2D eigenvalue weighted by molar-refractivity contribution is 1.28. The summed E-state index contributed by atoms with van der Waals surface area (Å²) in [6.07, 6.45) is 0. The van der Waals surface area contributed by atoms with Crippen molar-refractivity contribution in [2.75, 3.05) is 4.90 Å². The molecule has 0 amide bonds. The van der Waals surface area contributed by atoms with Gasteiger partial charge in [-0.05, 0) is 102 Å². The summed E-state index contributed by atoms with van der Waals surface area (Å²) in [5, 5.41) is 4.96. The Balaban J connectivity index is 1.19. The average Bonchev–Trinajstić information content (AvgIpc) is 3.29. The average molecular weight is 726 g/mol. The summed E-state index contributed by atoms with van der Waals surface area (Å²) in [4.78, 5) is 2.44. The molecule has 0 saturated heterocycles. The second-order valence-corrected chi connectivity index (χ2v) is 14.5. The fraction of sp³-hybridized carbons (Fsp3) is 0. The van der Waals surface area contributed by atoms with Crippen LogP contribution in [0.2, 0.25) is 0 Å². The summed E-state index contributed by atoms with van der Waals surface area (Å²) >= 11 is 0. The van der Waals surface area contributed by atoms with Crippen LogP contribution in [-0.2, 0) is 0 Å². The normalized spacial score (nSPS) is 11.2. The van der Waals surface area contributed by atoms with Crippen molar-refractivity contribution in [2.24, 2.45) is 0 Å². The highest BCUT2D eigenvalue weighted by atomic mass is 15.1. The van der Waals surface area contributed by atoms with Gasteiger partial charge in [0.05, 0.1) is 5.69 Å². The van der Waals surface area contributed by atoms with E-state index >= 15 is 0 Å². The smallest absolute Gasteiger partial charge is 0.0540 e. The van der Waals surface area contributed by atoms with E-state index in [4.69, 9.17) is 0 Å². The fourth-order valence-electron chi connectivity index (χ4n) is 8.44. The Morgan fingerprint density at radius 3 is 1.18 bits per heavy atom. The van der Waals surface area contributed by atoms with Crippen LogP contribution in [0.4, 0.5) is 17.1 Å². The molecular formula is C56H39N. The largest absolute Gasteiger partial charge is 0.310 e. The quantitative estimate of drug-likeness (QED) is 0.151. The zero-order valence-electron chi connectivity index (χ0n) is 31.5. The summed E-state index contributed by atoms with van der Waals surface area (Å²) in [7, 11) is 0. The summed E-state index contributed by atoms with van der Waals surface area (Å²) in [5.74, 6) is 0. The first kappa shape index (κ1) is 34.0. The Hall–Kier alpha value is -7.48. The van der Waals surface area contributed by atoms with Crippen molar-refractivity contribution in [3.8, 4) is 55.6 Å². The van der Waals surface area contributed by atoms with Gasteiger partial charge in [0.1, 0.15) is 0 Å². The monoisotopic (exact) mass is 725 g/mol. The Kier molecular flexibility index (Phi) is 8.95. The Morgan fingerprint density at radius 1 is 0.228 bits per heavy atom. The maximum Gasteiger partial charge on any atom is 0.0540 e. The molecule has 10 aromatic rings. The van der Waals surface area contributed by atoms with E-state index in [1.807, 2.05) is 0 Å². The van der Waals surface area contributed by atoms with Crippen LogP contribution in [0.5, 0.6) is 0 Å². The first-order valence-corrected chi connectivity index (χ1v) is 19.6. The number of fused-ring (bicyclic) bond motifs is 2. The van der Waals surface area contributed by atoms with Crippen LogP contribution in [0.3, 0.4) is 0 Å². The van der Waals surface area contributed by atoms with Gasteiger partial charge in [-0.1, -0.05) is 206 Å². The lowest BCUT2D eigenvalue weighted by Gasteiger charge is -2.29. The lowest BCUT2D eigenvalue weighted by atomic mass is 9.88. The van der Waals surface area contributed by atoms with Crippen molar-refractivity contribution in [3.63, 3.8) is 0 Å². The molecule has 0 aromatic heterocycles. The molecule has 10 aromatic carbocycles. The molecule has 57 heavy (non-hydrogen) atoms. The van der Waals surface area contributed by atoms with Gasteiger partial charge in [0, 0.05) is 16.9 Å². The van der Waals surface area contributed by atoms with Gasteiger partial charge in [0.15, 0.2) is 0 Å². The second kappa shape index (κ2) is 15.0. The van der Waals surface area contributed by atoms with E-state index in [1.54, 1.807) is 0 Å². The van der Waals surface area contributed by atoms with Crippen molar-refractivity contribution in [3.05, 3.63) is 237 Å². The van der Waals surface area contributed by atoms with Crippen LogP contribution >= 0.6 is 0 Å². The summed E-state index contributed by atoms with van der Waals surface area (Å²) in [5.41, 5.74) is 15.2. The van der Waals surface area contributed by atoms with E-state index in [1.165, 1.54) is 71.6 Å². The molecular weight excluding hydrogens is 687 g/mol. The minimum absolute atomic E-state index is 1.09. The van der Waals surface area contributed by atoms with E-state index < -0.39 is 0 Å². The Bertz CT molecular complexity index is 2900. The van der Waals surface area contributed by atoms with Crippen molar-refractivity contribution in [2.45, 2.75) is 0 Å². The van der Waals surface area contributed by atoms with E-state index in [9.17, 15) is 0 Å². The molecule has 0 spiro atoms. The van der Waals surface area contributed by atoms with Gasteiger partial charge >= 0.3 is 0 Å². The molecule has 0 atom stereocenters. The molecule has 0 heterocycles. The van der Waals surface area contributed by atoms with E-state index in [2.05, 4.69) is 241 Å². The highest BCUT2D eigenvalue weighted by molar-refractivity contribution is 6.01. The van der Waals surface area contributed by atoms with Gasteiger partial charge < -0.3 is 4.90 Å². The van der Waals surface area contributed by atoms with Crippen LogP contribution in [0, 0.1) is 0 Å². The lowest BCUT2D eigenvalue weighted by Crippen LogP contribution is -2.11. The van der Waals surface area contributed by atoms with Crippen molar-refractivity contribution < 1.29 is 0 Å². The van der Waals surface area contributed by atoms with E-state index in [-0.39, 0.29) is 0 Å². The predicted octanol–water partition coefficient (Wildman–Crippen LogP) is 15.8. The van der Waals surface area contributed by atoms with Crippen molar-refractivity contribution in [1.82, 2.24) is 0 Å². The number of nitrogens with zero attached hydrogens (tertiary/aromatic N) is 1. The number of benzene rings is 10. The van der Waals surface area contributed by atoms with Gasteiger partial charge in [-0.3, -0.25) is 0 Å². The standard InChI is InChI=1S/C56H39N/c1-2-18-40(19-3-1)49-30-8-9-31-52(49)53-32-10-11-33-54(53)55-34-12-13-37-56(55)57(45-26-14-24-43(38-45)50-35-16-22-41-20-4-6-28-47(41)50)46-27-15-25-44(39-46)51-36-17-23-42-21-5-7-29-48(42)51/h1-39H. The molecule has 0 fully saturated rings. The van der Waals surface area contributed by atoms with Crippen LogP contribution in [0.15, 0.2) is 237 Å². The Morgan fingerprint density at radius 2 is 0.596 bits per heavy atom. The molecule has 0 radical (unpaired) electrons. The SMILES string of the molecule is c1ccc(-c2ccccc2-c2ccccc2-c2ccccc2N(c2cccc(-c3cccc4ccccc34)c2)c2cccc(-c3cccc4ccccc34)c2)cc1. The minimum Gasteiger partial charge on any atom is -0.310 e. The third-order valence-electron chi connectivity index (χ3n) is 11.1. The van der Waals surface area contributed by atoms with E-state index in [0.717, 1.165) is 22.6 Å². The molecule has 0 aliphatic carbocycles. The summed E-state index contributed by atoms with van der Waals surface area (Å²) in [6.45, 7) is 0. The molecule has 0 aliphatic rings. The third kappa shape index (κ3) is 6.46. The van der Waals surface area contributed by atoms with Gasteiger partial charge in [-0.15, -0.1) is 0 Å². The molecule has 0 unspecified atom stereocenters. The van der Waals surface area contributed by atoms with Crippen LogP contribution in [-0.4, -0.2) is 0 Å². The maximum absolute atomic E-state index is 2.44. The van der Waals surface area contributed by atoms with Crippen LogP contribution < -0.4 is 4.90 Å². The minimum atomic E-state index is 1.09. The van der Waals surface area contributed by atoms with Crippen LogP contribution in [0.1, 0.15) is 0 Å². The molecule has 0 bridgehead atoms. The second-order valence-electron chi connectivity index (χ2n) is 14.5. The van der Waals surface area contributed by atoms with Gasteiger partial charge in [-0.2, -0.15) is 0 Å². The summed E-state index contributed by atoms with van der Waals surface area (Å²) < 4.78 is 0. The first-order chi connectivity index (χ1) is 28.3. The first-order valence-electron chi connectivity index (χ1n) is 19.6. The van der Waals surface area contributed by atoms with Crippen molar-refractivity contribution in [1.29, 1.82) is 0 Å². The van der Waals surface area contributed by atoms with Crippen LogP contribution in [0.25, 0.3) is 77.2 Å².